The quantitative estimate of drug-likeness (QED) is 0.938. The first-order valence-corrected chi connectivity index (χ1v) is 6.59. The normalized spacial score (nSPS) is 11.8. The first-order valence-electron chi connectivity index (χ1n) is 6.21. The number of rotatable bonds is 4. The van der Waals surface area contributed by atoms with Crippen molar-refractivity contribution in [3.63, 3.8) is 0 Å². The molecule has 0 radical (unpaired) electrons. The molecule has 104 valence electrons. The number of aryl methyl sites for hydroxylation is 1. The van der Waals surface area contributed by atoms with Crippen LogP contribution in [0.4, 0.5) is 5.82 Å². The Labute approximate surface area is 122 Å². The molecule has 1 amide bonds. The van der Waals surface area contributed by atoms with Crippen LogP contribution < -0.4 is 10.1 Å². The summed E-state index contributed by atoms with van der Waals surface area (Å²) < 4.78 is 5.54. The lowest BCUT2D eigenvalue weighted by Gasteiger charge is -2.15. The monoisotopic (exact) mass is 290 g/mol. The number of benzene rings is 1. The zero-order chi connectivity index (χ0) is 14.5. The molecule has 1 heterocycles. The Balaban J connectivity index is 1.99. The number of halogens is 1. The number of carbonyl (C=O) groups excluding carboxylic acids is 1. The van der Waals surface area contributed by atoms with Crippen LogP contribution in [0.15, 0.2) is 42.6 Å². The van der Waals surface area contributed by atoms with Crippen molar-refractivity contribution in [3.05, 3.63) is 53.2 Å². The summed E-state index contributed by atoms with van der Waals surface area (Å²) in [5, 5.41) is 3.36. The van der Waals surface area contributed by atoms with Crippen molar-refractivity contribution in [2.24, 2.45) is 0 Å². The van der Waals surface area contributed by atoms with Gasteiger partial charge in [0.1, 0.15) is 11.6 Å². The van der Waals surface area contributed by atoms with E-state index < -0.39 is 6.10 Å². The van der Waals surface area contributed by atoms with Crippen LogP contribution in [-0.4, -0.2) is 17.0 Å². The second-order valence-corrected chi connectivity index (χ2v) is 4.81. The minimum absolute atomic E-state index is 0.248. The van der Waals surface area contributed by atoms with Crippen LogP contribution in [0, 0.1) is 6.92 Å². The van der Waals surface area contributed by atoms with Gasteiger partial charge >= 0.3 is 0 Å². The molecule has 2 rings (SSSR count). The molecule has 20 heavy (non-hydrogen) atoms. The van der Waals surface area contributed by atoms with Gasteiger partial charge in [-0.05, 0) is 49.7 Å². The van der Waals surface area contributed by atoms with Gasteiger partial charge in [0.05, 0.1) is 0 Å². The van der Waals surface area contributed by atoms with E-state index in [1.54, 1.807) is 37.4 Å². The van der Waals surface area contributed by atoms with Gasteiger partial charge in [-0.15, -0.1) is 0 Å². The SMILES string of the molecule is Cc1cccnc1NC(=O)[C@@H](C)Oc1ccc(Cl)cc1. The molecule has 0 aliphatic rings. The van der Waals surface area contributed by atoms with Crippen molar-refractivity contribution in [3.8, 4) is 5.75 Å². The standard InChI is InChI=1S/C15H15ClN2O2/c1-10-4-3-9-17-14(10)18-15(19)11(2)20-13-7-5-12(16)6-8-13/h3-9,11H,1-2H3,(H,17,18,19)/t11-/m1/s1. The molecule has 4 nitrogen and oxygen atoms in total. The van der Waals surface area contributed by atoms with E-state index in [0.717, 1.165) is 5.56 Å². The van der Waals surface area contributed by atoms with E-state index >= 15 is 0 Å². The average Bonchev–Trinajstić information content (AvgIpc) is 2.44. The van der Waals surface area contributed by atoms with Crippen molar-refractivity contribution in [2.45, 2.75) is 20.0 Å². The predicted octanol–water partition coefficient (Wildman–Crippen LogP) is 3.45. The molecule has 0 spiro atoms. The number of hydrogen-bond donors (Lipinski definition) is 1. The molecule has 1 aromatic heterocycles. The third-order valence-electron chi connectivity index (χ3n) is 2.75. The topological polar surface area (TPSA) is 51.2 Å². The largest absolute Gasteiger partial charge is 0.481 e. The number of nitrogens with zero attached hydrogens (tertiary/aromatic N) is 1. The van der Waals surface area contributed by atoms with Gasteiger partial charge in [0, 0.05) is 11.2 Å². The summed E-state index contributed by atoms with van der Waals surface area (Å²) in [4.78, 5) is 16.1. The molecule has 0 bridgehead atoms. The lowest BCUT2D eigenvalue weighted by atomic mass is 10.2. The van der Waals surface area contributed by atoms with E-state index in [1.807, 2.05) is 19.1 Å². The predicted molar refractivity (Wildman–Crippen MR) is 79.1 cm³/mol. The van der Waals surface area contributed by atoms with Crippen LogP contribution in [-0.2, 0) is 4.79 Å². The summed E-state index contributed by atoms with van der Waals surface area (Å²) in [5.41, 5.74) is 0.902. The van der Waals surface area contributed by atoms with Crippen LogP contribution in [0.3, 0.4) is 0 Å². The van der Waals surface area contributed by atoms with Crippen LogP contribution in [0.1, 0.15) is 12.5 Å². The molecular weight excluding hydrogens is 276 g/mol. The number of aromatic nitrogens is 1. The summed E-state index contributed by atoms with van der Waals surface area (Å²) in [6.07, 6.45) is 1.01. The highest BCUT2D eigenvalue weighted by molar-refractivity contribution is 6.30. The minimum Gasteiger partial charge on any atom is -0.481 e. The lowest BCUT2D eigenvalue weighted by molar-refractivity contribution is -0.122. The van der Waals surface area contributed by atoms with Crippen LogP contribution in [0.5, 0.6) is 5.75 Å². The third-order valence-corrected chi connectivity index (χ3v) is 3.00. The molecule has 0 saturated heterocycles. The molecule has 0 aliphatic carbocycles. The highest BCUT2D eigenvalue weighted by Gasteiger charge is 2.16. The zero-order valence-corrected chi connectivity index (χ0v) is 12.0. The van der Waals surface area contributed by atoms with E-state index in [-0.39, 0.29) is 5.91 Å². The molecule has 1 atom stereocenters. The number of nitrogens with one attached hydrogen (secondary N) is 1. The van der Waals surface area contributed by atoms with Gasteiger partial charge in [0.2, 0.25) is 0 Å². The Kier molecular flexibility index (Phi) is 4.58. The van der Waals surface area contributed by atoms with E-state index in [2.05, 4.69) is 10.3 Å². The molecule has 0 saturated carbocycles. The number of anilines is 1. The number of pyridine rings is 1. The number of carbonyl (C=O) groups is 1. The minimum atomic E-state index is -0.627. The maximum absolute atomic E-state index is 12.0. The summed E-state index contributed by atoms with van der Waals surface area (Å²) in [6, 6.07) is 10.6. The van der Waals surface area contributed by atoms with E-state index in [4.69, 9.17) is 16.3 Å². The van der Waals surface area contributed by atoms with Crippen LogP contribution in [0.2, 0.25) is 5.02 Å². The molecule has 5 heteroatoms. The zero-order valence-electron chi connectivity index (χ0n) is 11.3. The Morgan fingerprint density at radius 3 is 2.65 bits per heavy atom. The first-order chi connectivity index (χ1) is 9.56. The summed E-state index contributed by atoms with van der Waals surface area (Å²) in [5.74, 6) is 0.889. The molecule has 0 fully saturated rings. The average molecular weight is 291 g/mol. The number of hydrogen-bond acceptors (Lipinski definition) is 3. The van der Waals surface area contributed by atoms with Gasteiger partial charge in [-0.3, -0.25) is 4.79 Å². The maximum Gasteiger partial charge on any atom is 0.266 e. The summed E-state index contributed by atoms with van der Waals surface area (Å²) >= 11 is 5.79. The molecule has 2 aromatic rings. The van der Waals surface area contributed by atoms with Crippen molar-refractivity contribution >= 4 is 23.3 Å². The Bertz CT molecular complexity index is 599. The Morgan fingerprint density at radius 1 is 1.30 bits per heavy atom. The van der Waals surface area contributed by atoms with E-state index in [0.29, 0.717) is 16.6 Å². The highest BCUT2D eigenvalue weighted by Crippen LogP contribution is 2.17. The molecule has 0 unspecified atom stereocenters. The van der Waals surface area contributed by atoms with Gasteiger partial charge in [0.15, 0.2) is 6.10 Å². The molecular formula is C15H15ClN2O2. The fraction of sp³-hybridized carbons (Fsp3) is 0.200. The number of ether oxygens (including phenoxy) is 1. The fourth-order valence-corrected chi connectivity index (χ4v) is 1.73. The summed E-state index contributed by atoms with van der Waals surface area (Å²) in [7, 11) is 0. The second-order valence-electron chi connectivity index (χ2n) is 4.37. The van der Waals surface area contributed by atoms with Gasteiger partial charge in [-0.1, -0.05) is 17.7 Å². The third kappa shape index (κ3) is 3.71. The Hall–Kier alpha value is -2.07. The maximum atomic E-state index is 12.0. The molecule has 0 aliphatic heterocycles. The van der Waals surface area contributed by atoms with Gasteiger partial charge in [-0.2, -0.15) is 0 Å². The van der Waals surface area contributed by atoms with Crippen LogP contribution in [0.25, 0.3) is 0 Å². The molecule has 1 aromatic carbocycles. The highest BCUT2D eigenvalue weighted by atomic mass is 35.5. The molecule has 1 N–H and O–H groups in total. The number of amides is 1. The smallest absolute Gasteiger partial charge is 0.266 e. The van der Waals surface area contributed by atoms with Crippen molar-refractivity contribution in [1.29, 1.82) is 0 Å². The van der Waals surface area contributed by atoms with E-state index in [9.17, 15) is 4.79 Å². The Morgan fingerprint density at radius 2 is 2.00 bits per heavy atom. The first kappa shape index (κ1) is 14.3. The van der Waals surface area contributed by atoms with Gasteiger partial charge in [-0.25, -0.2) is 4.98 Å². The lowest BCUT2D eigenvalue weighted by Crippen LogP contribution is -2.30. The van der Waals surface area contributed by atoms with Gasteiger partial charge in [0.25, 0.3) is 5.91 Å². The van der Waals surface area contributed by atoms with E-state index in [1.165, 1.54) is 0 Å². The van der Waals surface area contributed by atoms with Gasteiger partial charge < -0.3 is 10.1 Å². The second kappa shape index (κ2) is 6.39. The van der Waals surface area contributed by atoms with Crippen molar-refractivity contribution < 1.29 is 9.53 Å². The van der Waals surface area contributed by atoms with Crippen LogP contribution >= 0.6 is 11.6 Å². The summed E-state index contributed by atoms with van der Waals surface area (Å²) in [6.45, 7) is 3.57. The fourth-order valence-electron chi connectivity index (χ4n) is 1.61. The van der Waals surface area contributed by atoms with Crippen molar-refractivity contribution in [2.75, 3.05) is 5.32 Å². The van der Waals surface area contributed by atoms with Crippen molar-refractivity contribution in [1.82, 2.24) is 4.98 Å².